The van der Waals surface area contributed by atoms with E-state index in [1.165, 1.54) is 0 Å². The number of anilines is 1. The summed E-state index contributed by atoms with van der Waals surface area (Å²) in [4.78, 5) is 7.14. The Balaban J connectivity index is 1.55. The van der Waals surface area contributed by atoms with Crippen LogP contribution in [0.25, 0.3) is 0 Å². The van der Waals surface area contributed by atoms with Crippen molar-refractivity contribution in [2.24, 2.45) is 4.99 Å². The first-order chi connectivity index (χ1) is 15.2. The Labute approximate surface area is 185 Å². The molecule has 1 unspecified atom stereocenters. The minimum Gasteiger partial charge on any atom is -0.495 e. The lowest BCUT2D eigenvalue weighted by Crippen LogP contribution is -2.44. The molecule has 1 heterocycles. The first-order valence-corrected chi connectivity index (χ1v) is 10.9. The molecule has 0 saturated carbocycles. The van der Waals surface area contributed by atoms with Gasteiger partial charge in [-0.05, 0) is 43.2 Å². The Kier molecular flexibility index (Phi) is 8.84. The van der Waals surface area contributed by atoms with E-state index in [-0.39, 0.29) is 0 Å². The lowest BCUT2D eigenvalue weighted by Gasteiger charge is -2.22. The zero-order valence-electron chi connectivity index (χ0n) is 18.8. The maximum Gasteiger partial charge on any atom is 0.191 e. The molecule has 7 heteroatoms. The van der Waals surface area contributed by atoms with Crippen molar-refractivity contribution in [1.29, 1.82) is 0 Å². The van der Waals surface area contributed by atoms with Gasteiger partial charge in [0, 0.05) is 32.8 Å². The molecule has 0 spiro atoms. The van der Waals surface area contributed by atoms with Gasteiger partial charge in [0.25, 0.3) is 0 Å². The van der Waals surface area contributed by atoms with Gasteiger partial charge in [0.15, 0.2) is 5.96 Å². The second kappa shape index (κ2) is 12.1. The number of hydrogen-bond acceptors (Lipinski definition) is 5. The molecule has 2 aromatic carbocycles. The molecule has 0 bridgehead atoms. The molecule has 2 N–H and O–H groups in total. The molecule has 1 aliphatic rings. The van der Waals surface area contributed by atoms with Crippen molar-refractivity contribution in [3.63, 3.8) is 0 Å². The van der Waals surface area contributed by atoms with E-state index in [9.17, 15) is 0 Å². The highest BCUT2D eigenvalue weighted by Gasteiger charge is 2.25. The van der Waals surface area contributed by atoms with E-state index >= 15 is 0 Å². The van der Waals surface area contributed by atoms with Crippen molar-refractivity contribution in [2.45, 2.75) is 25.9 Å². The molecule has 0 radical (unpaired) electrons. The molecule has 1 atom stereocenters. The molecule has 7 nitrogen and oxygen atoms in total. The summed E-state index contributed by atoms with van der Waals surface area (Å²) in [6, 6.07) is 16.6. The third kappa shape index (κ3) is 6.79. The highest BCUT2D eigenvalue weighted by molar-refractivity contribution is 5.80. The molecule has 31 heavy (non-hydrogen) atoms. The Morgan fingerprint density at radius 3 is 2.65 bits per heavy atom. The van der Waals surface area contributed by atoms with Crippen LogP contribution in [0, 0.1) is 0 Å². The predicted octanol–water partition coefficient (Wildman–Crippen LogP) is 3.05. The number of ether oxygens (including phenoxy) is 3. The van der Waals surface area contributed by atoms with E-state index in [0.717, 1.165) is 54.8 Å². The monoisotopic (exact) mass is 426 g/mol. The third-order valence-electron chi connectivity index (χ3n) is 5.20. The predicted molar refractivity (Wildman–Crippen MR) is 125 cm³/mol. The second-order valence-electron chi connectivity index (χ2n) is 7.43. The van der Waals surface area contributed by atoms with Crippen LogP contribution in [0.3, 0.4) is 0 Å². The Morgan fingerprint density at radius 2 is 1.90 bits per heavy atom. The number of methoxy groups -OCH3 is 2. The van der Waals surface area contributed by atoms with Gasteiger partial charge in [-0.15, -0.1) is 0 Å². The molecule has 2 aromatic rings. The number of rotatable bonds is 10. The van der Waals surface area contributed by atoms with Crippen LogP contribution in [-0.2, 0) is 11.3 Å². The molecule has 0 amide bonds. The van der Waals surface area contributed by atoms with E-state index in [0.29, 0.717) is 25.8 Å². The van der Waals surface area contributed by atoms with Crippen molar-refractivity contribution in [2.75, 3.05) is 52.0 Å². The van der Waals surface area contributed by atoms with E-state index < -0.39 is 0 Å². The van der Waals surface area contributed by atoms with Crippen LogP contribution in [0.15, 0.2) is 53.5 Å². The van der Waals surface area contributed by atoms with Crippen LogP contribution in [0.4, 0.5) is 5.69 Å². The van der Waals surface area contributed by atoms with Crippen molar-refractivity contribution in [1.82, 2.24) is 10.6 Å². The quantitative estimate of drug-likeness (QED) is 0.346. The summed E-state index contributed by atoms with van der Waals surface area (Å²) >= 11 is 0. The molecule has 1 saturated heterocycles. The Morgan fingerprint density at radius 1 is 1.10 bits per heavy atom. The number of para-hydroxylation sites is 2. The highest BCUT2D eigenvalue weighted by atomic mass is 16.5. The SMILES string of the molecule is CCNC(=NCc1ccc(OCCOC)cc1)NC1CCN(c2ccccc2OC)C1. The summed E-state index contributed by atoms with van der Waals surface area (Å²) in [5, 5.41) is 6.95. The van der Waals surface area contributed by atoms with Gasteiger partial charge in [-0.2, -0.15) is 0 Å². The van der Waals surface area contributed by atoms with Crippen LogP contribution in [0.2, 0.25) is 0 Å². The van der Waals surface area contributed by atoms with E-state index in [1.54, 1.807) is 14.2 Å². The topological polar surface area (TPSA) is 67.4 Å². The molecule has 1 aliphatic heterocycles. The fraction of sp³-hybridized carbons (Fsp3) is 0.458. The maximum atomic E-state index is 5.62. The Bertz CT molecular complexity index is 826. The fourth-order valence-electron chi connectivity index (χ4n) is 3.61. The molecule has 0 aromatic heterocycles. The number of nitrogens with one attached hydrogen (secondary N) is 2. The number of hydrogen-bond donors (Lipinski definition) is 2. The molecule has 3 rings (SSSR count). The molecule has 168 valence electrons. The number of benzene rings is 2. The first kappa shape index (κ1) is 22.7. The summed E-state index contributed by atoms with van der Waals surface area (Å²) < 4.78 is 16.1. The summed E-state index contributed by atoms with van der Waals surface area (Å²) in [5.74, 6) is 2.60. The van der Waals surface area contributed by atoms with Gasteiger partial charge < -0.3 is 29.7 Å². The van der Waals surface area contributed by atoms with E-state index in [4.69, 9.17) is 19.2 Å². The first-order valence-electron chi connectivity index (χ1n) is 10.9. The minimum absolute atomic E-state index is 0.333. The van der Waals surface area contributed by atoms with Crippen LogP contribution in [0.1, 0.15) is 18.9 Å². The van der Waals surface area contributed by atoms with Gasteiger partial charge in [-0.3, -0.25) is 0 Å². The summed E-state index contributed by atoms with van der Waals surface area (Å²) in [5.41, 5.74) is 2.28. The molecular formula is C24H34N4O3. The largest absolute Gasteiger partial charge is 0.495 e. The van der Waals surface area contributed by atoms with Crippen LogP contribution >= 0.6 is 0 Å². The zero-order chi connectivity index (χ0) is 21.9. The van der Waals surface area contributed by atoms with Crippen LogP contribution < -0.4 is 25.0 Å². The van der Waals surface area contributed by atoms with Crippen molar-refractivity contribution < 1.29 is 14.2 Å². The lowest BCUT2D eigenvalue weighted by molar-refractivity contribution is 0.146. The maximum absolute atomic E-state index is 5.62. The van der Waals surface area contributed by atoms with Crippen LogP contribution in [0.5, 0.6) is 11.5 Å². The molecule has 1 fully saturated rings. The van der Waals surface area contributed by atoms with Gasteiger partial charge in [0.1, 0.15) is 18.1 Å². The highest BCUT2D eigenvalue weighted by Crippen LogP contribution is 2.30. The summed E-state index contributed by atoms with van der Waals surface area (Å²) in [6.07, 6.45) is 1.05. The molecule has 0 aliphatic carbocycles. The number of guanidine groups is 1. The Hall–Kier alpha value is -2.93. The average Bonchev–Trinajstić information content (AvgIpc) is 3.27. The van der Waals surface area contributed by atoms with Crippen molar-refractivity contribution in [3.8, 4) is 11.5 Å². The van der Waals surface area contributed by atoms with Gasteiger partial charge >= 0.3 is 0 Å². The van der Waals surface area contributed by atoms with E-state index in [1.807, 2.05) is 36.4 Å². The van der Waals surface area contributed by atoms with Gasteiger partial charge in [0.05, 0.1) is 25.9 Å². The molecular weight excluding hydrogens is 392 g/mol. The smallest absolute Gasteiger partial charge is 0.191 e. The number of nitrogens with zero attached hydrogens (tertiary/aromatic N) is 2. The summed E-state index contributed by atoms with van der Waals surface area (Å²) in [6.45, 7) is 6.55. The fourth-order valence-corrected chi connectivity index (χ4v) is 3.61. The van der Waals surface area contributed by atoms with Gasteiger partial charge in [0.2, 0.25) is 0 Å². The lowest BCUT2D eigenvalue weighted by atomic mass is 10.2. The zero-order valence-corrected chi connectivity index (χ0v) is 18.8. The van der Waals surface area contributed by atoms with Gasteiger partial charge in [-0.25, -0.2) is 4.99 Å². The van der Waals surface area contributed by atoms with E-state index in [2.05, 4.69) is 34.6 Å². The van der Waals surface area contributed by atoms with Crippen molar-refractivity contribution >= 4 is 11.6 Å². The standard InChI is InChI=1S/C24H34N4O3/c1-4-25-24(26-17-19-9-11-21(12-10-19)31-16-15-29-2)27-20-13-14-28(18-20)22-7-5-6-8-23(22)30-3/h5-12,20H,4,13-18H2,1-3H3,(H2,25,26,27). The van der Waals surface area contributed by atoms with Crippen molar-refractivity contribution in [3.05, 3.63) is 54.1 Å². The van der Waals surface area contributed by atoms with Gasteiger partial charge in [-0.1, -0.05) is 24.3 Å². The minimum atomic E-state index is 0.333. The average molecular weight is 427 g/mol. The second-order valence-corrected chi connectivity index (χ2v) is 7.43. The van der Waals surface area contributed by atoms with Crippen LogP contribution in [-0.4, -0.2) is 59.1 Å². The summed E-state index contributed by atoms with van der Waals surface area (Å²) in [7, 11) is 3.39. The third-order valence-corrected chi connectivity index (χ3v) is 5.20. The number of aliphatic imine (C=N–C) groups is 1. The normalized spacial score (nSPS) is 16.3.